The van der Waals surface area contributed by atoms with Gasteiger partial charge in [-0.2, -0.15) is 5.26 Å². The average molecular weight is 356 g/mol. The molecule has 0 saturated heterocycles. The second-order valence-electron chi connectivity index (χ2n) is 5.84. The fraction of sp³-hybridized carbons (Fsp3) is 0.0476. The number of carbonyl (C=O) groups excluding carboxylic acids is 2. The van der Waals surface area contributed by atoms with E-state index in [0.29, 0.717) is 22.5 Å². The normalized spacial score (nSPS) is 9.93. The van der Waals surface area contributed by atoms with Crippen LogP contribution in [0.4, 0.5) is 17.1 Å². The highest BCUT2D eigenvalue weighted by atomic mass is 16.2. The van der Waals surface area contributed by atoms with Gasteiger partial charge in [-0.25, -0.2) is 0 Å². The molecular formula is C21H16N4O2. The van der Waals surface area contributed by atoms with E-state index in [1.807, 2.05) is 6.07 Å². The summed E-state index contributed by atoms with van der Waals surface area (Å²) in [6.45, 7) is 1.47. The van der Waals surface area contributed by atoms with Crippen molar-refractivity contribution in [3.63, 3.8) is 0 Å². The van der Waals surface area contributed by atoms with Crippen LogP contribution in [0.2, 0.25) is 0 Å². The highest BCUT2D eigenvalue weighted by Gasteiger charge is 2.10. The maximum Gasteiger partial charge on any atom is 0.274 e. The fourth-order valence-corrected chi connectivity index (χ4v) is 2.48. The van der Waals surface area contributed by atoms with Crippen LogP contribution >= 0.6 is 0 Å². The van der Waals surface area contributed by atoms with Gasteiger partial charge in [-0.1, -0.05) is 18.2 Å². The summed E-state index contributed by atoms with van der Waals surface area (Å²) in [7, 11) is 0. The first-order chi connectivity index (χ1) is 13.0. The topological polar surface area (TPSA) is 94.9 Å². The Morgan fingerprint density at radius 3 is 2.48 bits per heavy atom. The van der Waals surface area contributed by atoms with Crippen molar-refractivity contribution in [2.45, 2.75) is 6.92 Å². The van der Waals surface area contributed by atoms with E-state index in [1.165, 1.54) is 13.1 Å². The van der Waals surface area contributed by atoms with Gasteiger partial charge in [-0.05, 0) is 49.4 Å². The molecule has 6 nitrogen and oxygen atoms in total. The van der Waals surface area contributed by atoms with Crippen LogP contribution in [0.25, 0.3) is 0 Å². The quantitative estimate of drug-likeness (QED) is 0.670. The minimum Gasteiger partial charge on any atom is -0.355 e. The van der Waals surface area contributed by atoms with Gasteiger partial charge in [0.05, 0.1) is 11.6 Å². The molecule has 0 spiro atoms. The number of rotatable bonds is 5. The van der Waals surface area contributed by atoms with Crippen molar-refractivity contribution < 1.29 is 9.59 Å². The first kappa shape index (κ1) is 17.8. The molecule has 132 valence electrons. The van der Waals surface area contributed by atoms with Crippen molar-refractivity contribution in [1.29, 1.82) is 5.26 Å². The Labute approximate surface area is 156 Å². The first-order valence-electron chi connectivity index (χ1n) is 8.21. The van der Waals surface area contributed by atoms with E-state index >= 15 is 0 Å². The number of benzene rings is 2. The monoisotopic (exact) mass is 356 g/mol. The number of Topliss-reactive ketones (excluding diaryl/α,β-unsaturated/α-hetero) is 1. The van der Waals surface area contributed by atoms with E-state index < -0.39 is 0 Å². The lowest BCUT2D eigenvalue weighted by Crippen LogP contribution is -2.14. The van der Waals surface area contributed by atoms with Crippen LogP contribution in [0.1, 0.15) is 33.3 Å². The Hall–Kier alpha value is -3.98. The molecule has 0 aliphatic rings. The van der Waals surface area contributed by atoms with Crippen molar-refractivity contribution in [2.75, 3.05) is 10.6 Å². The van der Waals surface area contributed by atoms with Crippen LogP contribution in [0.5, 0.6) is 0 Å². The Bertz CT molecular complexity index is 1050. The van der Waals surface area contributed by atoms with Crippen LogP contribution < -0.4 is 10.6 Å². The molecule has 27 heavy (non-hydrogen) atoms. The molecule has 0 bridgehead atoms. The SMILES string of the molecule is CC(=O)c1cccc(NC(=O)c2cc(Nc3cccc(C#N)c3)ccn2)c1. The van der Waals surface area contributed by atoms with E-state index in [-0.39, 0.29) is 17.4 Å². The number of pyridine rings is 1. The molecule has 3 rings (SSSR count). The molecule has 2 N–H and O–H groups in total. The standard InChI is InChI=1S/C21H16N4O2/c1-14(26)16-5-3-7-18(11-16)25-21(27)20-12-19(8-9-23-20)24-17-6-2-4-15(10-17)13-22/h2-12H,1H3,(H,23,24)(H,25,27). The van der Waals surface area contributed by atoms with Gasteiger partial charge in [-0.15, -0.1) is 0 Å². The highest BCUT2D eigenvalue weighted by Crippen LogP contribution is 2.19. The molecule has 0 saturated carbocycles. The third-order valence-electron chi connectivity index (χ3n) is 3.80. The van der Waals surface area contributed by atoms with Crippen molar-refractivity contribution in [3.8, 4) is 6.07 Å². The summed E-state index contributed by atoms with van der Waals surface area (Å²) < 4.78 is 0. The van der Waals surface area contributed by atoms with E-state index in [1.54, 1.807) is 54.6 Å². The molecule has 0 aliphatic carbocycles. The second-order valence-corrected chi connectivity index (χ2v) is 5.84. The molecule has 0 atom stereocenters. The number of nitriles is 1. The second kappa shape index (κ2) is 7.93. The molecule has 0 radical (unpaired) electrons. The lowest BCUT2D eigenvalue weighted by Gasteiger charge is -2.09. The van der Waals surface area contributed by atoms with Crippen LogP contribution in [-0.4, -0.2) is 16.7 Å². The first-order valence-corrected chi connectivity index (χ1v) is 8.21. The number of amides is 1. The summed E-state index contributed by atoms with van der Waals surface area (Å²) in [5.41, 5.74) is 3.22. The molecule has 3 aromatic rings. The predicted molar refractivity (Wildman–Crippen MR) is 103 cm³/mol. The van der Waals surface area contributed by atoms with Crippen LogP contribution in [-0.2, 0) is 0 Å². The van der Waals surface area contributed by atoms with Gasteiger partial charge in [0.2, 0.25) is 0 Å². The summed E-state index contributed by atoms with van der Waals surface area (Å²) in [5.74, 6) is -0.458. The number of carbonyl (C=O) groups is 2. The number of aromatic nitrogens is 1. The minimum absolute atomic E-state index is 0.0741. The number of nitrogens with zero attached hydrogens (tertiary/aromatic N) is 2. The number of ketones is 1. The maximum absolute atomic E-state index is 12.5. The smallest absolute Gasteiger partial charge is 0.274 e. The Morgan fingerprint density at radius 2 is 1.70 bits per heavy atom. The van der Waals surface area contributed by atoms with Crippen LogP contribution in [0, 0.1) is 11.3 Å². The molecule has 0 fully saturated rings. The van der Waals surface area contributed by atoms with Crippen LogP contribution in [0.15, 0.2) is 66.9 Å². The summed E-state index contributed by atoms with van der Waals surface area (Å²) >= 11 is 0. The van der Waals surface area contributed by atoms with Crippen molar-refractivity contribution in [2.24, 2.45) is 0 Å². The van der Waals surface area contributed by atoms with Gasteiger partial charge in [-0.3, -0.25) is 14.6 Å². The van der Waals surface area contributed by atoms with Gasteiger partial charge >= 0.3 is 0 Å². The lowest BCUT2D eigenvalue weighted by atomic mass is 10.1. The van der Waals surface area contributed by atoms with Crippen molar-refractivity contribution in [1.82, 2.24) is 4.98 Å². The zero-order valence-corrected chi connectivity index (χ0v) is 14.6. The zero-order chi connectivity index (χ0) is 19.2. The third kappa shape index (κ3) is 4.55. The van der Waals surface area contributed by atoms with Gasteiger partial charge in [0.15, 0.2) is 5.78 Å². The van der Waals surface area contributed by atoms with E-state index in [2.05, 4.69) is 21.7 Å². The van der Waals surface area contributed by atoms with Gasteiger partial charge < -0.3 is 10.6 Å². The molecule has 1 aromatic heterocycles. The summed E-state index contributed by atoms with van der Waals surface area (Å²) in [6.07, 6.45) is 1.53. The van der Waals surface area contributed by atoms with Crippen molar-refractivity contribution in [3.05, 3.63) is 83.7 Å². The summed E-state index contributed by atoms with van der Waals surface area (Å²) in [6, 6.07) is 19.2. The van der Waals surface area contributed by atoms with E-state index in [4.69, 9.17) is 5.26 Å². The molecule has 2 aromatic carbocycles. The Kier molecular flexibility index (Phi) is 5.24. The molecule has 1 heterocycles. The maximum atomic E-state index is 12.5. The highest BCUT2D eigenvalue weighted by molar-refractivity contribution is 6.04. The fourth-order valence-electron chi connectivity index (χ4n) is 2.48. The Morgan fingerprint density at radius 1 is 0.963 bits per heavy atom. The number of hydrogen-bond donors (Lipinski definition) is 2. The average Bonchev–Trinajstić information content (AvgIpc) is 2.68. The Balaban J connectivity index is 1.76. The number of hydrogen-bond acceptors (Lipinski definition) is 5. The molecular weight excluding hydrogens is 340 g/mol. The zero-order valence-electron chi connectivity index (χ0n) is 14.6. The van der Waals surface area contributed by atoms with Crippen LogP contribution in [0.3, 0.4) is 0 Å². The van der Waals surface area contributed by atoms with Gasteiger partial charge in [0.25, 0.3) is 5.91 Å². The minimum atomic E-state index is -0.384. The summed E-state index contributed by atoms with van der Waals surface area (Å²) in [5, 5.41) is 14.9. The molecule has 1 amide bonds. The largest absolute Gasteiger partial charge is 0.355 e. The van der Waals surface area contributed by atoms with Gasteiger partial charge in [0.1, 0.15) is 5.69 Å². The van der Waals surface area contributed by atoms with E-state index in [0.717, 1.165) is 5.69 Å². The summed E-state index contributed by atoms with van der Waals surface area (Å²) in [4.78, 5) is 28.0. The third-order valence-corrected chi connectivity index (χ3v) is 3.80. The molecule has 0 aliphatic heterocycles. The number of nitrogens with one attached hydrogen (secondary N) is 2. The van der Waals surface area contributed by atoms with Gasteiger partial charge in [0, 0.05) is 28.8 Å². The predicted octanol–water partition coefficient (Wildman–Crippen LogP) is 4.15. The van der Waals surface area contributed by atoms with Crippen molar-refractivity contribution >= 4 is 28.8 Å². The molecule has 0 unspecified atom stereocenters. The number of anilines is 3. The molecule has 6 heteroatoms. The van der Waals surface area contributed by atoms with E-state index in [9.17, 15) is 9.59 Å². The lowest BCUT2D eigenvalue weighted by molar-refractivity contribution is 0.100.